The minimum Gasteiger partial charge on any atom is -0.454 e. The topological polar surface area (TPSA) is 60.8 Å². The first-order valence-corrected chi connectivity index (χ1v) is 10.3. The van der Waals surface area contributed by atoms with Crippen molar-refractivity contribution >= 4 is 5.91 Å². The molecule has 6 nitrogen and oxygen atoms in total. The monoisotopic (exact) mass is 396 g/mol. The molecule has 29 heavy (non-hydrogen) atoms. The number of ether oxygens (including phenoxy) is 2. The smallest absolute Gasteiger partial charge is 0.263 e. The van der Waals surface area contributed by atoms with Gasteiger partial charge in [0.25, 0.3) is 11.5 Å². The maximum Gasteiger partial charge on any atom is 0.263 e. The Bertz CT molecular complexity index is 997. The summed E-state index contributed by atoms with van der Waals surface area (Å²) in [5.41, 5.74) is 2.08. The van der Waals surface area contributed by atoms with E-state index in [1.165, 1.54) is 5.56 Å². The van der Waals surface area contributed by atoms with E-state index in [1.807, 2.05) is 36.9 Å². The van der Waals surface area contributed by atoms with Crippen LogP contribution in [0, 0.1) is 12.3 Å². The van der Waals surface area contributed by atoms with Crippen molar-refractivity contribution in [3.8, 4) is 11.5 Å². The van der Waals surface area contributed by atoms with E-state index in [4.69, 9.17) is 9.47 Å². The van der Waals surface area contributed by atoms with Crippen LogP contribution < -0.4 is 15.0 Å². The molecule has 0 aliphatic carbocycles. The van der Waals surface area contributed by atoms with Crippen molar-refractivity contribution in [3.63, 3.8) is 0 Å². The van der Waals surface area contributed by atoms with E-state index in [0.29, 0.717) is 19.6 Å². The van der Waals surface area contributed by atoms with Gasteiger partial charge in [-0.25, -0.2) is 0 Å². The highest BCUT2D eigenvalue weighted by Crippen LogP contribution is 2.37. The average Bonchev–Trinajstić information content (AvgIpc) is 3.15. The molecule has 0 unspecified atom stereocenters. The summed E-state index contributed by atoms with van der Waals surface area (Å²) in [4.78, 5) is 27.8. The predicted octanol–water partition coefficient (Wildman–Crippen LogP) is 3.39. The number of rotatable bonds is 4. The molecule has 0 saturated carbocycles. The molecule has 1 amide bonds. The van der Waals surface area contributed by atoms with E-state index < -0.39 is 0 Å². The van der Waals surface area contributed by atoms with Crippen molar-refractivity contribution in [3.05, 3.63) is 57.5 Å². The van der Waals surface area contributed by atoms with Gasteiger partial charge in [0.1, 0.15) is 5.56 Å². The summed E-state index contributed by atoms with van der Waals surface area (Å²) in [6.07, 6.45) is 2.82. The Morgan fingerprint density at radius 1 is 1.17 bits per heavy atom. The molecule has 1 fully saturated rings. The fourth-order valence-electron chi connectivity index (χ4n) is 4.57. The van der Waals surface area contributed by atoms with Crippen LogP contribution in [0.25, 0.3) is 0 Å². The number of benzene rings is 1. The van der Waals surface area contributed by atoms with E-state index in [9.17, 15) is 9.59 Å². The normalized spacial score (nSPS) is 20.7. The number of carbonyl (C=O) groups excluding carboxylic acids is 1. The van der Waals surface area contributed by atoms with Gasteiger partial charge < -0.3 is 18.9 Å². The molecule has 1 aromatic heterocycles. The SMILES string of the molecule is CCn1c(C)ccc(C(=O)N2CCC[C@](C)(Cc3ccc4c(c3)OCO4)C2)c1=O. The highest BCUT2D eigenvalue weighted by atomic mass is 16.7. The van der Waals surface area contributed by atoms with Crippen LogP contribution in [-0.4, -0.2) is 35.3 Å². The number of pyridine rings is 1. The molecule has 1 atom stereocenters. The van der Waals surface area contributed by atoms with E-state index >= 15 is 0 Å². The quantitative estimate of drug-likeness (QED) is 0.795. The average molecular weight is 396 g/mol. The molecule has 1 saturated heterocycles. The maximum absolute atomic E-state index is 13.2. The van der Waals surface area contributed by atoms with Gasteiger partial charge in [0, 0.05) is 25.3 Å². The molecule has 4 rings (SSSR count). The molecule has 0 bridgehead atoms. The van der Waals surface area contributed by atoms with Crippen LogP contribution in [0.15, 0.2) is 35.1 Å². The number of likely N-dealkylation sites (tertiary alicyclic amines) is 1. The molecule has 6 heteroatoms. The third-order valence-electron chi connectivity index (χ3n) is 6.08. The van der Waals surface area contributed by atoms with Crippen LogP contribution in [0.3, 0.4) is 0 Å². The van der Waals surface area contributed by atoms with Crippen LogP contribution in [0.5, 0.6) is 11.5 Å². The zero-order valence-electron chi connectivity index (χ0n) is 17.4. The Morgan fingerprint density at radius 2 is 1.97 bits per heavy atom. The lowest BCUT2D eigenvalue weighted by molar-refractivity contribution is 0.0548. The van der Waals surface area contributed by atoms with Crippen LogP contribution in [0.2, 0.25) is 0 Å². The summed E-state index contributed by atoms with van der Waals surface area (Å²) in [7, 11) is 0. The zero-order chi connectivity index (χ0) is 20.6. The Labute approximate surface area is 171 Å². The number of aromatic nitrogens is 1. The summed E-state index contributed by atoms with van der Waals surface area (Å²) in [6, 6.07) is 9.59. The van der Waals surface area contributed by atoms with Crippen LogP contribution >= 0.6 is 0 Å². The van der Waals surface area contributed by atoms with Gasteiger partial charge in [-0.1, -0.05) is 13.0 Å². The molecular weight excluding hydrogens is 368 g/mol. The number of fused-ring (bicyclic) bond motifs is 1. The molecule has 0 N–H and O–H groups in total. The van der Waals surface area contributed by atoms with Gasteiger partial charge in [-0.05, 0) is 68.4 Å². The van der Waals surface area contributed by atoms with Gasteiger partial charge in [-0.2, -0.15) is 0 Å². The van der Waals surface area contributed by atoms with Crippen molar-refractivity contribution < 1.29 is 14.3 Å². The Hall–Kier alpha value is -2.76. The molecule has 2 aromatic rings. The van der Waals surface area contributed by atoms with Crippen LogP contribution in [-0.2, 0) is 13.0 Å². The molecule has 0 spiro atoms. The Morgan fingerprint density at radius 3 is 2.76 bits per heavy atom. The van der Waals surface area contributed by atoms with Gasteiger partial charge in [0.15, 0.2) is 11.5 Å². The van der Waals surface area contributed by atoms with E-state index in [-0.39, 0.29) is 29.2 Å². The molecule has 2 aliphatic rings. The number of hydrogen-bond donors (Lipinski definition) is 0. The van der Waals surface area contributed by atoms with Crippen molar-refractivity contribution in [1.82, 2.24) is 9.47 Å². The molecule has 154 valence electrons. The number of amides is 1. The number of aryl methyl sites for hydroxylation is 1. The largest absolute Gasteiger partial charge is 0.454 e. The minimum absolute atomic E-state index is 0.0456. The van der Waals surface area contributed by atoms with Crippen molar-refractivity contribution in [2.24, 2.45) is 5.41 Å². The predicted molar refractivity (Wildman–Crippen MR) is 111 cm³/mol. The highest BCUT2D eigenvalue weighted by molar-refractivity contribution is 5.94. The first-order chi connectivity index (χ1) is 13.9. The molecular formula is C23H28N2O4. The third-order valence-corrected chi connectivity index (χ3v) is 6.08. The number of nitrogens with zero attached hydrogens (tertiary/aromatic N) is 2. The number of hydrogen-bond acceptors (Lipinski definition) is 4. The Balaban J connectivity index is 1.53. The van der Waals surface area contributed by atoms with Gasteiger partial charge in [-0.15, -0.1) is 0 Å². The first-order valence-electron chi connectivity index (χ1n) is 10.3. The Kier molecular flexibility index (Phi) is 5.11. The third kappa shape index (κ3) is 3.76. The summed E-state index contributed by atoms with van der Waals surface area (Å²) >= 11 is 0. The van der Waals surface area contributed by atoms with Crippen LogP contribution in [0.1, 0.15) is 48.3 Å². The fraction of sp³-hybridized carbons (Fsp3) is 0.478. The lowest BCUT2D eigenvalue weighted by atomic mass is 9.76. The van der Waals surface area contributed by atoms with Crippen LogP contribution in [0.4, 0.5) is 0 Å². The lowest BCUT2D eigenvalue weighted by Gasteiger charge is -2.40. The van der Waals surface area contributed by atoms with Crippen molar-refractivity contribution in [1.29, 1.82) is 0 Å². The van der Waals surface area contributed by atoms with E-state index in [2.05, 4.69) is 13.0 Å². The second-order valence-corrected chi connectivity index (χ2v) is 8.44. The second-order valence-electron chi connectivity index (χ2n) is 8.44. The van der Waals surface area contributed by atoms with E-state index in [0.717, 1.165) is 36.5 Å². The zero-order valence-corrected chi connectivity index (χ0v) is 17.4. The summed E-state index contributed by atoms with van der Waals surface area (Å²) in [5, 5.41) is 0. The van der Waals surface area contributed by atoms with Crippen molar-refractivity contribution in [2.45, 2.75) is 46.6 Å². The molecule has 2 aliphatic heterocycles. The summed E-state index contributed by atoms with van der Waals surface area (Å²) in [5.74, 6) is 1.41. The summed E-state index contributed by atoms with van der Waals surface area (Å²) < 4.78 is 12.6. The first kappa shape index (κ1) is 19.6. The number of carbonyl (C=O) groups is 1. The lowest BCUT2D eigenvalue weighted by Crippen LogP contribution is -2.47. The van der Waals surface area contributed by atoms with Gasteiger partial charge in [0.05, 0.1) is 0 Å². The minimum atomic E-state index is -0.194. The molecule has 1 aromatic carbocycles. The fourth-order valence-corrected chi connectivity index (χ4v) is 4.57. The summed E-state index contributed by atoms with van der Waals surface area (Å²) in [6.45, 7) is 8.19. The van der Waals surface area contributed by atoms with Gasteiger partial charge in [-0.3, -0.25) is 9.59 Å². The number of piperidine rings is 1. The van der Waals surface area contributed by atoms with Gasteiger partial charge >= 0.3 is 0 Å². The second kappa shape index (κ2) is 7.58. The maximum atomic E-state index is 13.2. The molecule has 0 radical (unpaired) electrons. The van der Waals surface area contributed by atoms with E-state index in [1.54, 1.807) is 10.6 Å². The standard InChI is InChI=1S/C23H28N2O4/c1-4-25-16(2)6-8-18(22(25)27)21(26)24-11-5-10-23(3,14-24)13-17-7-9-19-20(12-17)29-15-28-19/h6-9,12H,4-5,10-11,13-15H2,1-3H3/t23-/m1/s1. The van der Waals surface area contributed by atoms with Gasteiger partial charge in [0.2, 0.25) is 6.79 Å². The molecule has 3 heterocycles. The highest BCUT2D eigenvalue weighted by Gasteiger charge is 2.34. The van der Waals surface area contributed by atoms with Crippen molar-refractivity contribution in [2.75, 3.05) is 19.9 Å².